The van der Waals surface area contributed by atoms with Crippen LogP contribution in [-0.4, -0.2) is 25.8 Å². The second-order valence-corrected chi connectivity index (χ2v) is 5.99. The molecule has 5 heteroatoms. The lowest BCUT2D eigenvalue weighted by molar-refractivity contribution is -0.116. The number of benzene rings is 1. The summed E-state index contributed by atoms with van der Waals surface area (Å²) in [6, 6.07) is 5.54. The quantitative estimate of drug-likeness (QED) is 0.813. The molecule has 0 fully saturated rings. The molecule has 128 valence electrons. The van der Waals surface area contributed by atoms with Crippen molar-refractivity contribution in [2.75, 3.05) is 14.2 Å². The summed E-state index contributed by atoms with van der Waals surface area (Å²) in [6.45, 7) is 5.90. The number of carbonyl (C=O) groups excluding carboxylic acids is 2. The van der Waals surface area contributed by atoms with E-state index in [0.717, 1.165) is 5.56 Å². The zero-order valence-corrected chi connectivity index (χ0v) is 14.7. The van der Waals surface area contributed by atoms with Gasteiger partial charge in [0.25, 0.3) is 0 Å². The summed E-state index contributed by atoms with van der Waals surface area (Å²) in [5.74, 6) is 1.05. The van der Waals surface area contributed by atoms with Gasteiger partial charge < -0.3 is 14.8 Å². The van der Waals surface area contributed by atoms with Gasteiger partial charge in [-0.15, -0.1) is 0 Å². The Labute approximate surface area is 142 Å². The normalized spacial score (nSPS) is 14.8. The molecule has 0 saturated carbocycles. The van der Waals surface area contributed by atoms with Crippen LogP contribution in [0.4, 0.5) is 0 Å². The van der Waals surface area contributed by atoms with Crippen molar-refractivity contribution in [2.45, 2.75) is 27.3 Å². The monoisotopic (exact) mass is 329 g/mol. The second-order valence-electron chi connectivity index (χ2n) is 5.99. The zero-order valence-electron chi connectivity index (χ0n) is 14.7. The molecule has 0 spiro atoms. The van der Waals surface area contributed by atoms with Crippen LogP contribution in [0.1, 0.15) is 26.3 Å². The van der Waals surface area contributed by atoms with E-state index in [1.165, 1.54) is 6.08 Å². The van der Waals surface area contributed by atoms with E-state index < -0.39 is 0 Å². The highest BCUT2D eigenvalue weighted by Crippen LogP contribution is 2.28. The van der Waals surface area contributed by atoms with Crippen molar-refractivity contribution in [1.82, 2.24) is 5.32 Å². The van der Waals surface area contributed by atoms with Gasteiger partial charge in [-0.25, -0.2) is 0 Å². The summed E-state index contributed by atoms with van der Waals surface area (Å²) >= 11 is 0. The third kappa shape index (κ3) is 3.50. The van der Waals surface area contributed by atoms with Gasteiger partial charge in [-0.2, -0.15) is 0 Å². The Hall–Kier alpha value is -2.56. The summed E-state index contributed by atoms with van der Waals surface area (Å²) in [7, 11) is 3.15. The first-order chi connectivity index (χ1) is 11.4. The number of carbonyl (C=O) groups is 2. The van der Waals surface area contributed by atoms with Gasteiger partial charge >= 0.3 is 0 Å². The molecular weight excluding hydrogens is 306 g/mol. The van der Waals surface area contributed by atoms with Crippen LogP contribution in [0.25, 0.3) is 0 Å². The summed E-state index contributed by atoms with van der Waals surface area (Å²) in [6.07, 6.45) is 1.45. The summed E-state index contributed by atoms with van der Waals surface area (Å²) in [5.41, 5.74) is 2.29. The van der Waals surface area contributed by atoms with E-state index in [-0.39, 0.29) is 17.5 Å². The molecule has 24 heavy (non-hydrogen) atoms. The molecular formula is C19H23NO4. The second kappa shape index (κ2) is 7.34. The van der Waals surface area contributed by atoms with Crippen molar-refractivity contribution in [2.24, 2.45) is 5.92 Å². The van der Waals surface area contributed by atoms with Crippen LogP contribution in [0.3, 0.4) is 0 Å². The molecule has 1 aromatic rings. The minimum atomic E-state index is -0.117. The van der Waals surface area contributed by atoms with Gasteiger partial charge in [0.2, 0.25) is 5.78 Å². The Bertz CT molecular complexity index is 729. The van der Waals surface area contributed by atoms with Crippen molar-refractivity contribution in [3.05, 3.63) is 46.7 Å². The molecule has 1 N–H and O–H groups in total. The average molecular weight is 329 g/mol. The van der Waals surface area contributed by atoms with E-state index in [4.69, 9.17) is 9.47 Å². The molecule has 1 aliphatic carbocycles. The topological polar surface area (TPSA) is 64.6 Å². The maximum Gasteiger partial charge on any atom is 0.205 e. The average Bonchev–Trinajstić information content (AvgIpc) is 2.57. The summed E-state index contributed by atoms with van der Waals surface area (Å²) < 4.78 is 10.5. The Morgan fingerprint density at radius 1 is 1.08 bits per heavy atom. The van der Waals surface area contributed by atoms with E-state index in [2.05, 4.69) is 5.32 Å². The van der Waals surface area contributed by atoms with Crippen molar-refractivity contribution in [3.8, 4) is 11.5 Å². The Morgan fingerprint density at radius 3 is 2.33 bits per heavy atom. The van der Waals surface area contributed by atoms with Crippen molar-refractivity contribution < 1.29 is 19.1 Å². The summed E-state index contributed by atoms with van der Waals surface area (Å²) in [5, 5.41) is 3.11. The highest BCUT2D eigenvalue weighted by atomic mass is 16.5. The Morgan fingerprint density at radius 2 is 1.75 bits per heavy atom. The maximum absolute atomic E-state index is 12.6. The first kappa shape index (κ1) is 17.8. The standard InChI is InChI=1S/C19H23NO4/c1-11(2)14-9-15(21)12(3)18(19(14)22)20-10-13-6-7-16(23-4)17(8-13)24-5/h6-9,11,20H,10H2,1-5H3. The number of ether oxygens (including phenoxy) is 2. The third-order valence-electron chi connectivity index (χ3n) is 4.06. The van der Waals surface area contributed by atoms with E-state index in [9.17, 15) is 9.59 Å². The van der Waals surface area contributed by atoms with E-state index >= 15 is 0 Å². The molecule has 1 aromatic carbocycles. The highest BCUT2D eigenvalue weighted by molar-refractivity contribution is 6.22. The zero-order chi connectivity index (χ0) is 17.9. The fourth-order valence-electron chi connectivity index (χ4n) is 2.58. The van der Waals surface area contributed by atoms with Gasteiger partial charge in [0, 0.05) is 17.7 Å². The molecule has 0 heterocycles. The predicted molar refractivity (Wildman–Crippen MR) is 92.0 cm³/mol. The first-order valence-corrected chi connectivity index (χ1v) is 7.85. The van der Waals surface area contributed by atoms with Crippen molar-refractivity contribution in [1.29, 1.82) is 0 Å². The van der Waals surface area contributed by atoms with Gasteiger partial charge in [0.05, 0.1) is 19.9 Å². The summed E-state index contributed by atoms with van der Waals surface area (Å²) in [4.78, 5) is 24.7. The predicted octanol–water partition coefficient (Wildman–Crippen LogP) is 2.80. The number of hydrogen-bond donors (Lipinski definition) is 1. The lowest BCUT2D eigenvalue weighted by atomic mass is 9.88. The largest absolute Gasteiger partial charge is 0.493 e. The molecule has 0 radical (unpaired) electrons. The molecule has 2 rings (SSSR count). The maximum atomic E-state index is 12.6. The lowest BCUT2D eigenvalue weighted by Crippen LogP contribution is -2.29. The fourth-order valence-corrected chi connectivity index (χ4v) is 2.58. The highest BCUT2D eigenvalue weighted by Gasteiger charge is 2.27. The Kier molecular flexibility index (Phi) is 5.44. The van der Waals surface area contributed by atoms with Crippen LogP contribution in [0.2, 0.25) is 0 Å². The molecule has 0 aromatic heterocycles. The van der Waals surface area contributed by atoms with Crippen LogP contribution in [0.15, 0.2) is 41.1 Å². The molecule has 1 aliphatic rings. The van der Waals surface area contributed by atoms with Gasteiger partial charge in [0.15, 0.2) is 17.3 Å². The van der Waals surface area contributed by atoms with Crippen LogP contribution in [-0.2, 0) is 16.1 Å². The van der Waals surface area contributed by atoms with E-state index in [1.807, 2.05) is 32.0 Å². The van der Waals surface area contributed by atoms with Gasteiger partial charge in [0.1, 0.15) is 0 Å². The number of allylic oxidation sites excluding steroid dienone is 3. The van der Waals surface area contributed by atoms with Gasteiger partial charge in [-0.1, -0.05) is 19.9 Å². The number of Topliss-reactive ketones (excluding diaryl/α,β-unsaturated/α-hetero) is 1. The third-order valence-corrected chi connectivity index (χ3v) is 4.06. The number of ketones is 2. The van der Waals surface area contributed by atoms with Crippen molar-refractivity contribution >= 4 is 11.6 Å². The molecule has 0 aliphatic heterocycles. The fraction of sp³-hybridized carbons (Fsp3) is 0.368. The smallest absolute Gasteiger partial charge is 0.205 e. The van der Waals surface area contributed by atoms with Crippen LogP contribution in [0, 0.1) is 5.92 Å². The van der Waals surface area contributed by atoms with Crippen molar-refractivity contribution in [3.63, 3.8) is 0 Å². The van der Waals surface area contributed by atoms with E-state index in [1.54, 1.807) is 21.1 Å². The number of nitrogens with one attached hydrogen (secondary N) is 1. The molecule has 0 amide bonds. The molecule has 0 saturated heterocycles. The SMILES string of the molecule is COc1ccc(CNC2=C(C)C(=O)C=C(C(C)C)C2=O)cc1OC. The minimum Gasteiger partial charge on any atom is -0.493 e. The van der Waals surface area contributed by atoms with Crippen LogP contribution in [0.5, 0.6) is 11.5 Å². The van der Waals surface area contributed by atoms with Gasteiger partial charge in [-0.05, 0) is 36.6 Å². The van der Waals surface area contributed by atoms with Crippen LogP contribution < -0.4 is 14.8 Å². The van der Waals surface area contributed by atoms with Crippen LogP contribution >= 0.6 is 0 Å². The lowest BCUT2D eigenvalue weighted by Gasteiger charge is -2.20. The number of rotatable bonds is 6. The Balaban J connectivity index is 2.20. The first-order valence-electron chi connectivity index (χ1n) is 7.85. The minimum absolute atomic E-state index is 0.00688. The van der Waals surface area contributed by atoms with E-state index in [0.29, 0.717) is 34.9 Å². The number of methoxy groups -OCH3 is 2. The van der Waals surface area contributed by atoms with Gasteiger partial charge in [-0.3, -0.25) is 9.59 Å². The molecule has 5 nitrogen and oxygen atoms in total. The molecule has 0 bridgehead atoms. The molecule has 0 unspecified atom stereocenters. The molecule has 0 atom stereocenters. The number of hydrogen-bond acceptors (Lipinski definition) is 5.